The van der Waals surface area contributed by atoms with Gasteiger partial charge in [-0.1, -0.05) is 17.7 Å². The predicted octanol–water partition coefficient (Wildman–Crippen LogP) is 2.70. The molecule has 0 aliphatic heterocycles. The van der Waals surface area contributed by atoms with Crippen molar-refractivity contribution in [2.75, 3.05) is 11.9 Å². The number of hydrogen-bond acceptors (Lipinski definition) is 5. The Bertz CT molecular complexity index is 975. The molecule has 0 spiro atoms. The zero-order chi connectivity index (χ0) is 17.3. The molecule has 0 bridgehead atoms. The highest BCUT2D eigenvalue weighted by molar-refractivity contribution is 7.15. The second kappa shape index (κ2) is 6.45. The average molecular weight is 343 g/mol. The fourth-order valence-electron chi connectivity index (χ4n) is 2.41. The van der Waals surface area contributed by atoms with E-state index in [9.17, 15) is 9.59 Å². The van der Waals surface area contributed by atoms with Gasteiger partial charge in [-0.05, 0) is 32.4 Å². The summed E-state index contributed by atoms with van der Waals surface area (Å²) in [7, 11) is 0. The van der Waals surface area contributed by atoms with Crippen LogP contribution >= 0.6 is 11.3 Å². The molecule has 0 aliphatic rings. The standard InChI is InChI=1S/C17H17N3O3S/c1-10-4-5-13(11(2)8-10)23-9-14(21)19-15-12(3)18-17-20(16(15)22)6-7-24-17/h4-8H,9H2,1-3H3,(H,19,21). The molecular formula is C17H17N3O3S. The number of nitrogens with zero attached hydrogens (tertiary/aromatic N) is 2. The van der Waals surface area contributed by atoms with E-state index in [0.29, 0.717) is 16.4 Å². The van der Waals surface area contributed by atoms with Crippen LogP contribution in [0, 0.1) is 20.8 Å². The number of anilines is 1. The van der Waals surface area contributed by atoms with E-state index >= 15 is 0 Å². The van der Waals surface area contributed by atoms with Crippen molar-refractivity contribution >= 4 is 27.9 Å². The molecule has 0 unspecified atom stereocenters. The Hall–Kier alpha value is -2.67. The molecule has 7 heteroatoms. The lowest BCUT2D eigenvalue weighted by atomic mass is 10.1. The smallest absolute Gasteiger partial charge is 0.282 e. The van der Waals surface area contributed by atoms with Crippen LogP contribution in [-0.4, -0.2) is 21.9 Å². The molecule has 2 aromatic heterocycles. The zero-order valence-corrected chi connectivity index (χ0v) is 14.4. The van der Waals surface area contributed by atoms with Crippen molar-refractivity contribution in [2.45, 2.75) is 20.8 Å². The van der Waals surface area contributed by atoms with Crippen LogP contribution in [0.4, 0.5) is 5.69 Å². The summed E-state index contributed by atoms with van der Waals surface area (Å²) in [4.78, 5) is 29.4. The highest BCUT2D eigenvalue weighted by Crippen LogP contribution is 2.18. The first-order valence-corrected chi connectivity index (χ1v) is 8.30. The number of aromatic nitrogens is 2. The number of fused-ring (bicyclic) bond motifs is 1. The Morgan fingerprint density at radius 1 is 1.33 bits per heavy atom. The highest BCUT2D eigenvalue weighted by Gasteiger charge is 2.14. The van der Waals surface area contributed by atoms with Crippen LogP contribution in [0.5, 0.6) is 5.75 Å². The van der Waals surface area contributed by atoms with Crippen LogP contribution in [0.25, 0.3) is 4.96 Å². The number of hydrogen-bond donors (Lipinski definition) is 1. The van der Waals surface area contributed by atoms with Crippen molar-refractivity contribution in [3.8, 4) is 5.75 Å². The first-order chi connectivity index (χ1) is 11.5. The van der Waals surface area contributed by atoms with Crippen LogP contribution in [0.2, 0.25) is 0 Å². The van der Waals surface area contributed by atoms with E-state index in [1.54, 1.807) is 18.5 Å². The van der Waals surface area contributed by atoms with E-state index in [1.165, 1.54) is 15.7 Å². The van der Waals surface area contributed by atoms with Crippen LogP contribution in [-0.2, 0) is 4.79 Å². The summed E-state index contributed by atoms with van der Waals surface area (Å²) in [6.45, 7) is 5.44. The Morgan fingerprint density at radius 3 is 2.88 bits per heavy atom. The first kappa shape index (κ1) is 16.2. The predicted molar refractivity (Wildman–Crippen MR) is 94.1 cm³/mol. The Morgan fingerprint density at radius 2 is 2.12 bits per heavy atom. The maximum Gasteiger partial charge on any atom is 0.282 e. The van der Waals surface area contributed by atoms with Gasteiger partial charge < -0.3 is 10.1 Å². The lowest BCUT2D eigenvalue weighted by Gasteiger charge is -2.11. The van der Waals surface area contributed by atoms with Gasteiger partial charge in [0.15, 0.2) is 11.6 Å². The van der Waals surface area contributed by atoms with E-state index in [1.807, 2.05) is 32.0 Å². The van der Waals surface area contributed by atoms with Gasteiger partial charge in [0.25, 0.3) is 11.5 Å². The summed E-state index contributed by atoms with van der Waals surface area (Å²) in [5, 5.41) is 4.38. The molecule has 1 aromatic carbocycles. The van der Waals surface area contributed by atoms with Gasteiger partial charge in [-0.2, -0.15) is 0 Å². The molecule has 0 aliphatic carbocycles. The van der Waals surface area contributed by atoms with Crippen LogP contribution in [0.15, 0.2) is 34.6 Å². The summed E-state index contributed by atoms with van der Waals surface area (Å²) in [5.74, 6) is 0.253. The molecule has 0 fully saturated rings. The number of amides is 1. The third kappa shape index (κ3) is 3.16. The summed E-state index contributed by atoms with van der Waals surface area (Å²) < 4.78 is 6.95. The number of thiazole rings is 1. The SMILES string of the molecule is Cc1ccc(OCC(=O)Nc2c(C)nc3sccn3c2=O)c(C)c1. The molecule has 1 N–H and O–H groups in total. The molecule has 124 valence electrons. The lowest BCUT2D eigenvalue weighted by molar-refractivity contribution is -0.118. The molecule has 3 rings (SSSR count). The van der Waals surface area contributed by atoms with E-state index in [-0.39, 0.29) is 17.9 Å². The van der Waals surface area contributed by atoms with Crippen LogP contribution in [0.1, 0.15) is 16.8 Å². The number of benzene rings is 1. The fraction of sp³-hybridized carbons (Fsp3) is 0.235. The molecule has 0 radical (unpaired) electrons. The van der Waals surface area contributed by atoms with Crippen molar-refractivity contribution in [1.82, 2.24) is 9.38 Å². The Labute approximate surface area is 142 Å². The maximum atomic E-state index is 12.4. The Kier molecular flexibility index (Phi) is 4.35. The van der Waals surface area contributed by atoms with Crippen molar-refractivity contribution in [1.29, 1.82) is 0 Å². The minimum atomic E-state index is -0.396. The molecule has 0 saturated heterocycles. The number of nitrogens with one attached hydrogen (secondary N) is 1. The normalized spacial score (nSPS) is 10.8. The number of rotatable bonds is 4. The second-order valence-corrected chi connectivity index (χ2v) is 6.41. The number of ether oxygens (including phenoxy) is 1. The summed E-state index contributed by atoms with van der Waals surface area (Å²) in [6.07, 6.45) is 1.64. The van der Waals surface area contributed by atoms with E-state index in [0.717, 1.165) is 11.1 Å². The second-order valence-electron chi connectivity index (χ2n) is 5.54. The van der Waals surface area contributed by atoms with Crippen molar-refractivity contribution in [3.05, 3.63) is 57.0 Å². The number of carbonyl (C=O) groups excluding carboxylic acids is 1. The largest absolute Gasteiger partial charge is 0.483 e. The van der Waals surface area contributed by atoms with Crippen molar-refractivity contribution < 1.29 is 9.53 Å². The number of aryl methyl sites for hydroxylation is 3. The first-order valence-electron chi connectivity index (χ1n) is 7.42. The van der Waals surface area contributed by atoms with Gasteiger partial charge in [-0.3, -0.25) is 14.0 Å². The van der Waals surface area contributed by atoms with Gasteiger partial charge in [-0.25, -0.2) is 4.98 Å². The topological polar surface area (TPSA) is 72.7 Å². The van der Waals surface area contributed by atoms with Crippen LogP contribution in [0.3, 0.4) is 0 Å². The van der Waals surface area contributed by atoms with E-state index in [2.05, 4.69) is 10.3 Å². The van der Waals surface area contributed by atoms with Gasteiger partial charge in [0.05, 0.1) is 5.69 Å². The fourth-order valence-corrected chi connectivity index (χ4v) is 3.16. The monoisotopic (exact) mass is 343 g/mol. The van der Waals surface area contributed by atoms with Gasteiger partial charge in [0.1, 0.15) is 11.4 Å². The summed E-state index contributed by atoms with van der Waals surface area (Å²) in [5.41, 5.74) is 2.46. The molecule has 2 heterocycles. The molecular weight excluding hydrogens is 326 g/mol. The molecule has 1 amide bonds. The molecule has 0 atom stereocenters. The lowest BCUT2D eigenvalue weighted by Crippen LogP contribution is -2.27. The molecule has 24 heavy (non-hydrogen) atoms. The molecule has 0 saturated carbocycles. The van der Waals surface area contributed by atoms with Gasteiger partial charge in [0, 0.05) is 11.6 Å². The van der Waals surface area contributed by atoms with Gasteiger partial charge in [-0.15, -0.1) is 11.3 Å². The summed E-state index contributed by atoms with van der Waals surface area (Å²) in [6, 6.07) is 5.74. The third-order valence-corrected chi connectivity index (χ3v) is 4.36. The average Bonchev–Trinajstić information content (AvgIpc) is 2.99. The van der Waals surface area contributed by atoms with Crippen molar-refractivity contribution in [2.24, 2.45) is 0 Å². The summed E-state index contributed by atoms with van der Waals surface area (Å²) >= 11 is 1.37. The molecule has 3 aromatic rings. The van der Waals surface area contributed by atoms with Crippen molar-refractivity contribution in [3.63, 3.8) is 0 Å². The molecule has 6 nitrogen and oxygen atoms in total. The highest BCUT2D eigenvalue weighted by atomic mass is 32.1. The van der Waals surface area contributed by atoms with Crippen LogP contribution < -0.4 is 15.6 Å². The van der Waals surface area contributed by atoms with Gasteiger partial charge in [0.2, 0.25) is 0 Å². The van der Waals surface area contributed by atoms with E-state index < -0.39 is 5.91 Å². The van der Waals surface area contributed by atoms with Gasteiger partial charge >= 0.3 is 0 Å². The van der Waals surface area contributed by atoms with E-state index in [4.69, 9.17) is 4.74 Å². The Balaban J connectivity index is 1.74. The minimum absolute atomic E-state index is 0.172. The maximum absolute atomic E-state index is 12.4. The zero-order valence-electron chi connectivity index (χ0n) is 13.6. The third-order valence-electron chi connectivity index (χ3n) is 3.60. The minimum Gasteiger partial charge on any atom is -0.483 e. The quantitative estimate of drug-likeness (QED) is 0.790. The number of carbonyl (C=O) groups is 1.